The van der Waals surface area contributed by atoms with E-state index in [9.17, 15) is 9.50 Å². The molecule has 1 aliphatic heterocycles. The minimum Gasteiger partial charge on any atom is -0.505 e. The van der Waals surface area contributed by atoms with Crippen molar-refractivity contribution in [3.63, 3.8) is 0 Å². The second kappa shape index (κ2) is 6.78. The van der Waals surface area contributed by atoms with Crippen molar-refractivity contribution in [2.45, 2.75) is 6.04 Å². The van der Waals surface area contributed by atoms with E-state index in [1.165, 1.54) is 17.0 Å². The van der Waals surface area contributed by atoms with Crippen LogP contribution in [0.25, 0.3) is 10.9 Å². The van der Waals surface area contributed by atoms with Crippen molar-refractivity contribution in [1.82, 2.24) is 4.98 Å². The second-order valence-electron chi connectivity index (χ2n) is 6.33. The van der Waals surface area contributed by atoms with Crippen molar-refractivity contribution < 1.29 is 19.1 Å². The van der Waals surface area contributed by atoms with Gasteiger partial charge in [0.05, 0.1) is 18.8 Å². The summed E-state index contributed by atoms with van der Waals surface area (Å²) in [6.07, 6.45) is 1.68. The standard InChI is InChI=1S/C20H19FN2O2/c21-16-6-3-15(4-7-16)19(23-10-12-25-13-11-23)17-8-5-14-2-1-9-22-18(14)20(17)24/h1-9,19,24H,10-13H2/p+1/t19-/m1/s1. The van der Waals surface area contributed by atoms with Gasteiger partial charge in [-0.2, -0.15) is 0 Å². The molecule has 1 atom stereocenters. The Bertz CT molecular complexity index is 877. The molecule has 2 aromatic carbocycles. The number of nitrogens with one attached hydrogen (secondary N) is 1. The molecule has 1 saturated heterocycles. The first-order valence-electron chi connectivity index (χ1n) is 8.48. The predicted octanol–water partition coefficient (Wildman–Crippen LogP) is 2.08. The molecule has 0 saturated carbocycles. The molecule has 1 aliphatic rings. The van der Waals surface area contributed by atoms with E-state index < -0.39 is 0 Å². The van der Waals surface area contributed by atoms with Gasteiger partial charge in [0.15, 0.2) is 5.75 Å². The summed E-state index contributed by atoms with van der Waals surface area (Å²) in [5, 5.41) is 11.8. The van der Waals surface area contributed by atoms with Gasteiger partial charge in [-0.25, -0.2) is 4.39 Å². The summed E-state index contributed by atoms with van der Waals surface area (Å²) in [4.78, 5) is 5.63. The number of phenols is 1. The van der Waals surface area contributed by atoms with Gasteiger partial charge in [-0.3, -0.25) is 4.98 Å². The number of morpholine rings is 1. The number of pyridine rings is 1. The number of ether oxygens (including phenoxy) is 1. The van der Waals surface area contributed by atoms with E-state index in [4.69, 9.17) is 4.74 Å². The fourth-order valence-electron chi connectivity index (χ4n) is 3.59. The van der Waals surface area contributed by atoms with E-state index in [1.807, 2.05) is 24.3 Å². The van der Waals surface area contributed by atoms with Crippen LogP contribution in [0, 0.1) is 5.82 Å². The lowest BCUT2D eigenvalue weighted by Crippen LogP contribution is -3.14. The molecule has 0 spiro atoms. The summed E-state index contributed by atoms with van der Waals surface area (Å²) in [6, 6.07) is 14.2. The molecule has 0 bridgehead atoms. The molecular formula is C20H20FN2O2+. The Morgan fingerprint density at radius 3 is 2.56 bits per heavy atom. The lowest BCUT2D eigenvalue weighted by atomic mass is 9.94. The van der Waals surface area contributed by atoms with Crippen LogP contribution < -0.4 is 4.90 Å². The SMILES string of the molecule is Oc1c([C@@H](c2ccc(F)cc2)[NH+]2CCOCC2)ccc2cccnc12. The number of halogens is 1. The van der Waals surface area contributed by atoms with Crippen LogP contribution in [0.3, 0.4) is 0 Å². The smallest absolute Gasteiger partial charge is 0.151 e. The molecule has 0 amide bonds. The summed E-state index contributed by atoms with van der Waals surface area (Å²) in [5.74, 6) is -0.0599. The number of fused-ring (bicyclic) bond motifs is 1. The number of quaternary nitrogens is 1. The molecule has 5 heteroatoms. The fraction of sp³-hybridized carbons (Fsp3) is 0.250. The average molecular weight is 339 g/mol. The fourth-order valence-corrected chi connectivity index (χ4v) is 3.59. The summed E-state index contributed by atoms with van der Waals surface area (Å²) in [7, 11) is 0. The molecule has 1 aromatic heterocycles. The third kappa shape index (κ3) is 3.08. The van der Waals surface area contributed by atoms with E-state index in [0.717, 1.165) is 29.6 Å². The highest BCUT2D eigenvalue weighted by molar-refractivity contribution is 5.85. The van der Waals surface area contributed by atoms with E-state index in [0.29, 0.717) is 18.7 Å². The summed E-state index contributed by atoms with van der Waals surface area (Å²) in [5.41, 5.74) is 2.39. The Hall–Kier alpha value is -2.50. The number of rotatable bonds is 3. The van der Waals surface area contributed by atoms with E-state index in [2.05, 4.69) is 4.98 Å². The van der Waals surface area contributed by atoms with Crippen LogP contribution in [0.5, 0.6) is 5.75 Å². The molecule has 3 aromatic rings. The Labute approximate surface area is 145 Å². The maximum Gasteiger partial charge on any atom is 0.151 e. The van der Waals surface area contributed by atoms with Crippen molar-refractivity contribution >= 4 is 10.9 Å². The number of phenolic OH excluding ortho intramolecular Hbond substituents is 1. The zero-order valence-corrected chi connectivity index (χ0v) is 13.8. The van der Waals surface area contributed by atoms with Crippen molar-refractivity contribution in [1.29, 1.82) is 0 Å². The predicted molar refractivity (Wildman–Crippen MR) is 93.2 cm³/mol. The highest BCUT2D eigenvalue weighted by Gasteiger charge is 2.31. The first-order valence-corrected chi connectivity index (χ1v) is 8.48. The lowest BCUT2D eigenvalue weighted by molar-refractivity contribution is -0.933. The molecule has 128 valence electrons. The number of aromatic nitrogens is 1. The quantitative estimate of drug-likeness (QED) is 0.768. The van der Waals surface area contributed by atoms with Gasteiger partial charge in [0.25, 0.3) is 0 Å². The van der Waals surface area contributed by atoms with Gasteiger partial charge < -0.3 is 14.7 Å². The summed E-state index contributed by atoms with van der Waals surface area (Å²) >= 11 is 0. The van der Waals surface area contributed by atoms with Gasteiger partial charge in [-0.1, -0.05) is 12.1 Å². The van der Waals surface area contributed by atoms with E-state index >= 15 is 0 Å². The maximum absolute atomic E-state index is 13.4. The minimum atomic E-state index is -0.260. The van der Waals surface area contributed by atoms with Crippen LogP contribution in [0.4, 0.5) is 4.39 Å². The largest absolute Gasteiger partial charge is 0.505 e. The topological polar surface area (TPSA) is 46.8 Å². The maximum atomic E-state index is 13.4. The van der Waals surface area contributed by atoms with Crippen molar-refractivity contribution in [3.8, 4) is 5.75 Å². The Balaban J connectivity index is 1.85. The Morgan fingerprint density at radius 2 is 1.80 bits per heavy atom. The third-order valence-electron chi connectivity index (χ3n) is 4.84. The molecule has 1 fully saturated rings. The minimum absolute atomic E-state index is 0.0871. The van der Waals surface area contributed by atoms with Gasteiger partial charge in [0.2, 0.25) is 0 Å². The van der Waals surface area contributed by atoms with Gasteiger partial charge in [0, 0.05) is 17.1 Å². The first-order chi connectivity index (χ1) is 12.2. The van der Waals surface area contributed by atoms with Crippen molar-refractivity contribution in [2.24, 2.45) is 0 Å². The van der Waals surface area contributed by atoms with Crippen LogP contribution in [0.2, 0.25) is 0 Å². The van der Waals surface area contributed by atoms with Crippen molar-refractivity contribution in [3.05, 3.63) is 71.7 Å². The van der Waals surface area contributed by atoms with E-state index in [1.54, 1.807) is 18.3 Å². The number of benzene rings is 2. The monoisotopic (exact) mass is 339 g/mol. The molecule has 2 N–H and O–H groups in total. The van der Waals surface area contributed by atoms with Gasteiger partial charge >= 0.3 is 0 Å². The second-order valence-corrected chi connectivity index (χ2v) is 6.33. The van der Waals surface area contributed by atoms with E-state index in [-0.39, 0.29) is 17.6 Å². The van der Waals surface area contributed by atoms with Crippen LogP contribution >= 0.6 is 0 Å². The molecule has 25 heavy (non-hydrogen) atoms. The van der Waals surface area contributed by atoms with Crippen molar-refractivity contribution in [2.75, 3.05) is 26.3 Å². The molecular weight excluding hydrogens is 319 g/mol. The highest BCUT2D eigenvalue weighted by Crippen LogP contribution is 2.33. The first kappa shape index (κ1) is 16.0. The average Bonchev–Trinajstić information content (AvgIpc) is 2.66. The number of nitrogens with zero attached hydrogens (tertiary/aromatic N) is 1. The van der Waals surface area contributed by atoms with Gasteiger partial charge in [-0.05, 0) is 36.4 Å². The van der Waals surface area contributed by atoms with Crippen LogP contribution in [0.1, 0.15) is 17.2 Å². The molecule has 0 aliphatic carbocycles. The zero-order chi connectivity index (χ0) is 17.2. The van der Waals surface area contributed by atoms with Crippen LogP contribution in [-0.4, -0.2) is 36.4 Å². The highest BCUT2D eigenvalue weighted by atomic mass is 19.1. The molecule has 0 radical (unpaired) electrons. The normalized spacial score (nSPS) is 16.8. The third-order valence-corrected chi connectivity index (χ3v) is 4.84. The van der Waals surface area contributed by atoms with Gasteiger partial charge in [-0.15, -0.1) is 0 Å². The van der Waals surface area contributed by atoms with Gasteiger partial charge in [0.1, 0.15) is 30.5 Å². The molecule has 4 rings (SSSR count). The number of aromatic hydroxyl groups is 1. The zero-order valence-electron chi connectivity index (χ0n) is 13.8. The van der Waals surface area contributed by atoms with Crippen LogP contribution in [-0.2, 0) is 4.74 Å². The Morgan fingerprint density at radius 1 is 1.04 bits per heavy atom. The molecule has 4 nitrogen and oxygen atoms in total. The Kier molecular flexibility index (Phi) is 4.34. The molecule has 2 heterocycles. The number of hydrogen-bond donors (Lipinski definition) is 2. The summed E-state index contributed by atoms with van der Waals surface area (Å²) < 4.78 is 18.9. The number of hydrogen-bond acceptors (Lipinski definition) is 3. The van der Waals surface area contributed by atoms with Crippen LogP contribution in [0.15, 0.2) is 54.7 Å². The lowest BCUT2D eigenvalue weighted by Gasteiger charge is -2.32. The molecule has 0 unspecified atom stereocenters. The summed E-state index contributed by atoms with van der Waals surface area (Å²) in [6.45, 7) is 3.03.